The Morgan fingerprint density at radius 1 is 1.29 bits per heavy atom. The van der Waals surface area contributed by atoms with Gasteiger partial charge in [0.25, 0.3) is 5.69 Å². The Morgan fingerprint density at radius 3 is 2.76 bits per heavy atom. The number of Topliss-reactive ketones (excluding diaryl/α,β-unsaturated/α-hetero) is 1. The number of ketones is 1. The fraction of sp³-hybridized carbons (Fsp3) is 0.154. The first-order chi connectivity index (χ1) is 8.18. The third-order valence-corrected chi connectivity index (χ3v) is 2.58. The van der Waals surface area contributed by atoms with Crippen LogP contribution >= 0.6 is 0 Å². The zero-order valence-electron chi connectivity index (χ0n) is 9.13. The number of non-ortho nitro benzene ring substituents is 1. The maximum atomic E-state index is 12.0. The maximum absolute atomic E-state index is 12.0. The van der Waals surface area contributed by atoms with E-state index in [1.54, 1.807) is 12.1 Å². The van der Waals surface area contributed by atoms with Crippen molar-refractivity contribution in [3.63, 3.8) is 0 Å². The van der Waals surface area contributed by atoms with Gasteiger partial charge in [-0.1, -0.05) is 30.4 Å². The van der Waals surface area contributed by atoms with Crippen molar-refractivity contribution < 1.29 is 9.72 Å². The number of hydrogen-bond acceptors (Lipinski definition) is 3. The van der Waals surface area contributed by atoms with Crippen LogP contribution in [0.1, 0.15) is 23.2 Å². The van der Waals surface area contributed by atoms with Gasteiger partial charge in [0.05, 0.1) is 4.92 Å². The topological polar surface area (TPSA) is 60.2 Å². The van der Waals surface area contributed by atoms with E-state index in [1.165, 1.54) is 18.2 Å². The van der Waals surface area contributed by atoms with Gasteiger partial charge in [-0.25, -0.2) is 0 Å². The van der Waals surface area contributed by atoms with Crippen molar-refractivity contribution in [1.82, 2.24) is 0 Å². The van der Waals surface area contributed by atoms with Crippen LogP contribution in [0.4, 0.5) is 5.69 Å². The molecule has 0 aromatic heterocycles. The molecule has 0 saturated heterocycles. The number of hydrogen-bond donors (Lipinski definition) is 0. The molecule has 0 bridgehead atoms. The van der Waals surface area contributed by atoms with Gasteiger partial charge in [0.2, 0.25) is 0 Å². The van der Waals surface area contributed by atoms with Gasteiger partial charge in [0.1, 0.15) is 0 Å². The molecular weight excluding hydrogens is 218 g/mol. The summed E-state index contributed by atoms with van der Waals surface area (Å²) >= 11 is 0. The first-order valence-corrected chi connectivity index (χ1v) is 5.34. The van der Waals surface area contributed by atoms with Gasteiger partial charge in [-0.05, 0) is 12.8 Å². The highest BCUT2D eigenvalue weighted by atomic mass is 16.6. The molecule has 0 heterocycles. The first kappa shape index (κ1) is 11.3. The largest absolute Gasteiger partial charge is 0.289 e. The molecule has 0 saturated carbocycles. The molecule has 17 heavy (non-hydrogen) atoms. The zero-order chi connectivity index (χ0) is 12.3. The standard InChI is InChI=1S/C13H11NO3/c15-13(10-5-2-1-3-6-10)11-7-4-8-12(9-11)14(16)17/h2,4-9H,1,3H2. The average molecular weight is 229 g/mol. The van der Waals surface area contributed by atoms with E-state index in [9.17, 15) is 14.9 Å². The Balaban J connectivity index is 2.31. The number of nitro groups is 1. The van der Waals surface area contributed by atoms with Crippen molar-refractivity contribution in [2.75, 3.05) is 0 Å². The smallest absolute Gasteiger partial charge is 0.270 e. The lowest BCUT2D eigenvalue weighted by Gasteiger charge is -2.05. The van der Waals surface area contributed by atoms with Crippen LogP contribution in [0.2, 0.25) is 0 Å². The first-order valence-electron chi connectivity index (χ1n) is 5.34. The van der Waals surface area contributed by atoms with Crippen LogP contribution < -0.4 is 0 Å². The Kier molecular flexibility index (Phi) is 3.14. The van der Waals surface area contributed by atoms with E-state index in [0.717, 1.165) is 12.8 Å². The highest BCUT2D eigenvalue weighted by Gasteiger charge is 2.14. The molecule has 4 nitrogen and oxygen atoms in total. The van der Waals surface area contributed by atoms with E-state index < -0.39 is 4.92 Å². The van der Waals surface area contributed by atoms with E-state index in [-0.39, 0.29) is 11.5 Å². The number of benzene rings is 1. The van der Waals surface area contributed by atoms with Gasteiger partial charge in [-0.2, -0.15) is 0 Å². The fourth-order valence-corrected chi connectivity index (χ4v) is 1.71. The molecule has 0 unspecified atom stereocenters. The van der Waals surface area contributed by atoms with E-state index in [2.05, 4.69) is 0 Å². The van der Waals surface area contributed by atoms with Gasteiger partial charge in [0.15, 0.2) is 5.78 Å². The lowest BCUT2D eigenvalue weighted by Crippen LogP contribution is -2.04. The Labute approximate surface area is 98.4 Å². The summed E-state index contributed by atoms with van der Waals surface area (Å²) in [6, 6.07) is 5.81. The number of carbonyl (C=O) groups is 1. The summed E-state index contributed by atoms with van der Waals surface area (Å²) in [6.07, 6.45) is 7.34. The second-order valence-corrected chi connectivity index (χ2v) is 3.78. The summed E-state index contributed by atoms with van der Waals surface area (Å²) in [5.41, 5.74) is 0.907. The van der Waals surface area contributed by atoms with Crippen LogP contribution in [0.25, 0.3) is 0 Å². The normalized spacial score (nSPS) is 14.2. The molecule has 0 spiro atoms. The number of nitro benzene ring substituents is 1. The molecule has 1 aromatic carbocycles. The van der Waals surface area contributed by atoms with Crippen LogP contribution in [-0.2, 0) is 0 Å². The predicted octanol–water partition coefficient (Wildman–Crippen LogP) is 3.05. The highest BCUT2D eigenvalue weighted by Crippen LogP contribution is 2.19. The maximum Gasteiger partial charge on any atom is 0.270 e. The van der Waals surface area contributed by atoms with E-state index in [0.29, 0.717) is 11.1 Å². The van der Waals surface area contributed by atoms with Crippen molar-refractivity contribution in [2.24, 2.45) is 0 Å². The Hall–Kier alpha value is -2.23. The van der Waals surface area contributed by atoms with Gasteiger partial charge in [0, 0.05) is 23.3 Å². The SMILES string of the molecule is O=C(C1=CCCC=C1)c1cccc([N+](=O)[O-])c1. The average Bonchev–Trinajstić information content (AvgIpc) is 2.39. The van der Waals surface area contributed by atoms with Crippen molar-refractivity contribution in [3.05, 3.63) is 63.7 Å². The predicted molar refractivity (Wildman–Crippen MR) is 63.9 cm³/mol. The molecule has 4 heteroatoms. The Morgan fingerprint density at radius 2 is 2.12 bits per heavy atom. The van der Waals surface area contributed by atoms with E-state index in [1.807, 2.05) is 12.2 Å². The number of carbonyl (C=O) groups excluding carboxylic acids is 1. The quantitative estimate of drug-likeness (QED) is 0.454. The van der Waals surface area contributed by atoms with Crippen molar-refractivity contribution in [3.8, 4) is 0 Å². The van der Waals surface area contributed by atoms with Crippen LogP contribution in [0.5, 0.6) is 0 Å². The summed E-state index contributed by atoms with van der Waals surface area (Å²) in [6.45, 7) is 0. The molecule has 2 rings (SSSR count). The van der Waals surface area contributed by atoms with Crippen LogP contribution in [0.3, 0.4) is 0 Å². The van der Waals surface area contributed by atoms with Crippen molar-refractivity contribution >= 4 is 11.5 Å². The molecule has 0 aliphatic heterocycles. The van der Waals surface area contributed by atoms with Gasteiger partial charge in [-0.15, -0.1) is 0 Å². The second-order valence-electron chi connectivity index (χ2n) is 3.78. The van der Waals surface area contributed by atoms with Gasteiger partial charge in [-0.3, -0.25) is 14.9 Å². The summed E-state index contributed by atoms with van der Waals surface area (Å²) in [7, 11) is 0. The van der Waals surface area contributed by atoms with E-state index >= 15 is 0 Å². The van der Waals surface area contributed by atoms with Crippen LogP contribution in [0, 0.1) is 10.1 Å². The monoisotopic (exact) mass is 229 g/mol. The lowest BCUT2D eigenvalue weighted by atomic mass is 9.98. The third kappa shape index (κ3) is 2.47. The molecule has 1 aliphatic rings. The Bertz CT molecular complexity index is 529. The fourth-order valence-electron chi connectivity index (χ4n) is 1.71. The molecule has 0 N–H and O–H groups in total. The molecule has 1 aliphatic carbocycles. The number of rotatable bonds is 3. The van der Waals surface area contributed by atoms with Crippen LogP contribution in [0.15, 0.2) is 48.1 Å². The molecule has 1 aromatic rings. The zero-order valence-corrected chi connectivity index (χ0v) is 9.13. The van der Waals surface area contributed by atoms with Crippen molar-refractivity contribution in [1.29, 1.82) is 0 Å². The summed E-state index contributed by atoms with van der Waals surface area (Å²) in [5.74, 6) is -0.162. The molecule has 0 amide bonds. The molecule has 0 radical (unpaired) electrons. The van der Waals surface area contributed by atoms with Gasteiger partial charge < -0.3 is 0 Å². The molecule has 86 valence electrons. The lowest BCUT2D eigenvalue weighted by molar-refractivity contribution is -0.384. The molecule has 0 atom stereocenters. The second kappa shape index (κ2) is 4.74. The highest BCUT2D eigenvalue weighted by molar-refractivity contribution is 6.10. The minimum Gasteiger partial charge on any atom is -0.289 e. The van der Waals surface area contributed by atoms with Gasteiger partial charge >= 0.3 is 0 Å². The molecular formula is C13H11NO3. The summed E-state index contributed by atoms with van der Waals surface area (Å²) < 4.78 is 0. The number of nitrogens with zero attached hydrogens (tertiary/aromatic N) is 1. The minimum atomic E-state index is -0.498. The van der Waals surface area contributed by atoms with E-state index in [4.69, 9.17) is 0 Å². The summed E-state index contributed by atoms with van der Waals surface area (Å²) in [5, 5.41) is 10.6. The third-order valence-electron chi connectivity index (χ3n) is 2.58. The summed E-state index contributed by atoms with van der Waals surface area (Å²) in [4.78, 5) is 22.2. The minimum absolute atomic E-state index is 0.0590. The van der Waals surface area contributed by atoms with Crippen molar-refractivity contribution in [2.45, 2.75) is 12.8 Å². The van der Waals surface area contributed by atoms with Crippen LogP contribution in [-0.4, -0.2) is 10.7 Å². The number of allylic oxidation sites excluding steroid dienone is 4. The molecule has 0 fully saturated rings.